The molecule has 2 rings (SSSR count). The van der Waals surface area contributed by atoms with E-state index in [4.69, 9.17) is 0 Å². The first kappa shape index (κ1) is 19.1. The van der Waals surface area contributed by atoms with Crippen molar-refractivity contribution in [1.29, 1.82) is 0 Å². The molecule has 0 aliphatic heterocycles. The van der Waals surface area contributed by atoms with Crippen LogP contribution in [0.15, 0.2) is 48.5 Å². The van der Waals surface area contributed by atoms with Gasteiger partial charge < -0.3 is 5.32 Å². The minimum atomic E-state index is -3.55. The lowest BCUT2D eigenvalue weighted by Gasteiger charge is -2.26. The molecule has 1 N–H and O–H groups in total. The molecule has 0 fully saturated rings. The van der Waals surface area contributed by atoms with Crippen molar-refractivity contribution in [1.82, 2.24) is 4.31 Å². The van der Waals surface area contributed by atoms with E-state index >= 15 is 0 Å². The standard InChI is InChI=1S/C19H24N2O3S/c1-14-10-11-15(2)18(12-14)20-19(22)13-21(25(4,23)24)16(3)17-8-6-5-7-9-17/h5-12,16H,13H2,1-4H3,(H,20,22). The molecular formula is C19H24N2O3S. The first-order valence-corrected chi connectivity index (χ1v) is 9.92. The highest BCUT2D eigenvalue weighted by Crippen LogP contribution is 2.23. The Bertz CT molecular complexity index is 848. The van der Waals surface area contributed by atoms with Gasteiger partial charge in [0.15, 0.2) is 0 Å². The van der Waals surface area contributed by atoms with E-state index in [1.807, 2.05) is 62.4 Å². The zero-order chi connectivity index (χ0) is 18.6. The van der Waals surface area contributed by atoms with E-state index in [1.165, 1.54) is 4.31 Å². The zero-order valence-corrected chi connectivity index (χ0v) is 15.8. The topological polar surface area (TPSA) is 66.5 Å². The van der Waals surface area contributed by atoms with Gasteiger partial charge in [0.05, 0.1) is 12.8 Å². The monoisotopic (exact) mass is 360 g/mol. The van der Waals surface area contributed by atoms with Crippen LogP contribution in [-0.4, -0.2) is 31.4 Å². The number of carbonyl (C=O) groups excluding carboxylic acids is 1. The molecule has 2 aromatic rings. The maximum atomic E-state index is 12.5. The number of benzene rings is 2. The lowest BCUT2D eigenvalue weighted by Crippen LogP contribution is -2.39. The van der Waals surface area contributed by atoms with Gasteiger partial charge >= 0.3 is 0 Å². The summed E-state index contributed by atoms with van der Waals surface area (Å²) in [6.45, 7) is 5.38. The maximum Gasteiger partial charge on any atom is 0.239 e. The van der Waals surface area contributed by atoms with Crippen LogP contribution >= 0.6 is 0 Å². The minimum Gasteiger partial charge on any atom is -0.325 e. The third-order valence-corrected chi connectivity index (χ3v) is 5.40. The number of rotatable bonds is 6. The van der Waals surface area contributed by atoms with Crippen molar-refractivity contribution < 1.29 is 13.2 Å². The number of anilines is 1. The summed E-state index contributed by atoms with van der Waals surface area (Å²) < 4.78 is 25.6. The zero-order valence-electron chi connectivity index (χ0n) is 15.0. The summed E-state index contributed by atoms with van der Waals surface area (Å²) in [7, 11) is -3.55. The number of aryl methyl sites for hydroxylation is 2. The summed E-state index contributed by atoms with van der Waals surface area (Å²) in [5, 5.41) is 2.81. The molecule has 0 aliphatic carbocycles. The SMILES string of the molecule is Cc1ccc(C)c(NC(=O)CN(C(C)c2ccccc2)S(C)(=O)=O)c1. The predicted octanol–water partition coefficient (Wildman–Crippen LogP) is 3.26. The van der Waals surface area contributed by atoms with Crippen LogP contribution < -0.4 is 5.32 Å². The van der Waals surface area contributed by atoms with Gasteiger partial charge in [0, 0.05) is 11.7 Å². The van der Waals surface area contributed by atoms with Crippen LogP contribution in [0.4, 0.5) is 5.69 Å². The molecule has 134 valence electrons. The van der Waals surface area contributed by atoms with Crippen LogP contribution in [-0.2, 0) is 14.8 Å². The van der Waals surface area contributed by atoms with E-state index in [9.17, 15) is 13.2 Å². The molecule has 0 heterocycles. The summed E-state index contributed by atoms with van der Waals surface area (Å²) in [5.74, 6) is -0.359. The molecule has 0 bridgehead atoms. The molecular weight excluding hydrogens is 336 g/mol. The lowest BCUT2D eigenvalue weighted by molar-refractivity contribution is -0.116. The average Bonchev–Trinajstić information content (AvgIpc) is 2.55. The van der Waals surface area contributed by atoms with Crippen molar-refractivity contribution >= 4 is 21.6 Å². The molecule has 25 heavy (non-hydrogen) atoms. The van der Waals surface area contributed by atoms with Gasteiger partial charge in [-0.2, -0.15) is 4.31 Å². The summed E-state index contributed by atoms with van der Waals surface area (Å²) in [6.07, 6.45) is 1.12. The average molecular weight is 360 g/mol. The normalized spacial score (nSPS) is 12.8. The number of sulfonamides is 1. The van der Waals surface area contributed by atoms with Crippen molar-refractivity contribution in [2.75, 3.05) is 18.1 Å². The second-order valence-electron chi connectivity index (χ2n) is 6.26. The van der Waals surface area contributed by atoms with E-state index in [1.54, 1.807) is 6.92 Å². The van der Waals surface area contributed by atoms with Gasteiger partial charge in [-0.15, -0.1) is 0 Å². The number of nitrogens with zero attached hydrogens (tertiary/aromatic N) is 1. The fourth-order valence-electron chi connectivity index (χ4n) is 2.64. The third-order valence-electron chi connectivity index (χ3n) is 4.11. The number of hydrogen-bond donors (Lipinski definition) is 1. The van der Waals surface area contributed by atoms with Gasteiger partial charge in [-0.25, -0.2) is 8.42 Å². The largest absolute Gasteiger partial charge is 0.325 e. The van der Waals surface area contributed by atoms with Crippen LogP contribution in [0.1, 0.15) is 29.7 Å². The fraction of sp³-hybridized carbons (Fsp3) is 0.316. The Hall–Kier alpha value is -2.18. The maximum absolute atomic E-state index is 12.5. The van der Waals surface area contributed by atoms with Crippen molar-refractivity contribution in [3.05, 3.63) is 65.2 Å². The molecule has 2 aromatic carbocycles. The van der Waals surface area contributed by atoms with Crippen LogP contribution in [0.2, 0.25) is 0 Å². The van der Waals surface area contributed by atoms with Crippen molar-refractivity contribution in [3.8, 4) is 0 Å². The molecule has 0 saturated heterocycles. The van der Waals surface area contributed by atoms with Crippen molar-refractivity contribution in [3.63, 3.8) is 0 Å². The fourth-order valence-corrected chi connectivity index (χ4v) is 3.69. The molecule has 0 aromatic heterocycles. The van der Waals surface area contributed by atoms with Gasteiger partial charge in [0.25, 0.3) is 0 Å². The highest BCUT2D eigenvalue weighted by molar-refractivity contribution is 7.88. The van der Waals surface area contributed by atoms with Gasteiger partial charge in [-0.05, 0) is 43.5 Å². The van der Waals surface area contributed by atoms with E-state index < -0.39 is 16.1 Å². The molecule has 0 aliphatic rings. The Labute approximate surface area is 149 Å². The van der Waals surface area contributed by atoms with Crippen LogP contribution in [0.25, 0.3) is 0 Å². The van der Waals surface area contributed by atoms with Crippen molar-refractivity contribution in [2.45, 2.75) is 26.8 Å². The lowest BCUT2D eigenvalue weighted by atomic mass is 10.1. The third kappa shape index (κ3) is 5.14. The minimum absolute atomic E-state index is 0.234. The summed E-state index contributed by atoms with van der Waals surface area (Å²) in [4.78, 5) is 12.5. The Morgan fingerprint density at radius 3 is 2.36 bits per heavy atom. The molecule has 0 radical (unpaired) electrons. The summed E-state index contributed by atoms with van der Waals surface area (Å²) in [5.41, 5.74) is 3.50. The molecule has 6 heteroatoms. The Balaban J connectivity index is 2.20. The van der Waals surface area contributed by atoms with E-state index in [2.05, 4.69) is 5.32 Å². The highest BCUT2D eigenvalue weighted by atomic mass is 32.2. The van der Waals surface area contributed by atoms with Crippen LogP contribution in [0.3, 0.4) is 0 Å². The van der Waals surface area contributed by atoms with Gasteiger partial charge in [0.2, 0.25) is 15.9 Å². The van der Waals surface area contributed by atoms with E-state index in [0.29, 0.717) is 5.69 Å². The smallest absolute Gasteiger partial charge is 0.239 e. The van der Waals surface area contributed by atoms with Gasteiger partial charge in [-0.3, -0.25) is 4.79 Å². The van der Waals surface area contributed by atoms with E-state index in [0.717, 1.165) is 22.9 Å². The van der Waals surface area contributed by atoms with Crippen molar-refractivity contribution in [2.24, 2.45) is 0 Å². The summed E-state index contributed by atoms with van der Waals surface area (Å²) >= 11 is 0. The molecule has 1 amide bonds. The predicted molar refractivity (Wildman–Crippen MR) is 101 cm³/mol. The number of amides is 1. The number of carbonyl (C=O) groups is 1. The number of nitrogens with one attached hydrogen (secondary N) is 1. The van der Waals surface area contributed by atoms with Crippen LogP contribution in [0, 0.1) is 13.8 Å². The Morgan fingerprint density at radius 2 is 1.76 bits per heavy atom. The van der Waals surface area contributed by atoms with Crippen LogP contribution in [0.5, 0.6) is 0 Å². The molecule has 5 nitrogen and oxygen atoms in total. The quantitative estimate of drug-likeness (QED) is 0.860. The highest BCUT2D eigenvalue weighted by Gasteiger charge is 2.27. The molecule has 0 spiro atoms. The van der Waals surface area contributed by atoms with E-state index in [-0.39, 0.29) is 12.5 Å². The molecule has 0 saturated carbocycles. The second-order valence-corrected chi connectivity index (χ2v) is 8.20. The first-order chi connectivity index (χ1) is 11.7. The van der Waals surface area contributed by atoms with Gasteiger partial charge in [-0.1, -0.05) is 42.5 Å². The van der Waals surface area contributed by atoms with Gasteiger partial charge in [0.1, 0.15) is 0 Å². The molecule has 1 atom stereocenters. The second kappa shape index (κ2) is 7.80. The summed E-state index contributed by atoms with van der Waals surface area (Å²) in [6, 6.07) is 14.6. The molecule has 1 unspecified atom stereocenters. The number of hydrogen-bond acceptors (Lipinski definition) is 3. The Kier molecular flexibility index (Phi) is 5.98. The first-order valence-electron chi connectivity index (χ1n) is 8.07. The Morgan fingerprint density at radius 1 is 1.12 bits per heavy atom.